The van der Waals surface area contributed by atoms with E-state index in [1.54, 1.807) is 19.2 Å². The summed E-state index contributed by atoms with van der Waals surface area (Å²) in [5.41, 5.74) is 0.122. The molecule has 10 heteroatoms. The van der Waals surface area contributed by atoms with Crippen molar-refractivity contribution in [1.29, 1.82) is 0 Å². The molecule has 1 saturated carbocycles. The van der Waals surface area contributed by atoms with Crippen molar-refractivity contribution < 1.29 is 18.7 Å². The number of aromatic nitrogens is 4. The molecule has 0 saturated heterocycles. The van der Waals surface area contributed by atoms with Crippen LogP contribution in [0.1, 0.15) is 32.6 Å². The van der Waals surface area contributed by atoms with Crippen molar-refractivity contribution in [2.24, 2.45) is 5.92 Å². The monoisotopic (exact) mass is 447 g/mol. The first-order valence-electron chi connectivity index (χ1n) is 10.1. The molecule has 0 aromatic carbocycles. The number of halogens is 2. The van der Waals surface area contributed by atoms with Gasteiger partial charge in [0.25, 0.3) is 0 Å². The molecule has 3 heterocycles. The number of ether oxygens (including phenoxy) is 2. The molecule has 8 nitrogen and oxygen atoms in total. The summed E-state index contributed by atoms with van der Waals surface area (Å²) in [4.78, 5) is 28.4. The van der Waals surface area contributed by atoms with Gasteiger partial charge in [0.15, 0.2) is 23.2 Å². The molecule has 3 aromatic heterocycles. The van der Waals surface area contributed by atoms with Crippen LogP contribution in [0.5, 0.6) is 0 Å². The summed E-state index contributed by atoms with van der Waals surface area (Å²) in [5, 5.41) is 4.24. The van der Waals surface area contributed by atoms with E-state index in [9.17, 15) is 9.18 Å². The van der Waals surface area contributed by atoms with Gasteiger partial charge in [0, 0.05) is 30.5 Å². The van der Waals surface area contributed by atoms with Crippen LogP contribution in [0.4, 0.5) is 10.2 Å². The molecule has 0 bridgehead atoms. The summed E-state index contributed by atoms with van der Waals surface area (Å²) in [6, 6.07) is 1.74. The smallest absolute Gasteiger partial charge is 0.313 e. The van der Waals surface area contributed by atoms with Crippen LogP contribution in [0.2, 0.25) is 5.02 Å². The number of rotatable bonds is 6. The normalized spacial score (nSPS) is 21.2. The average Bonchev–Trinajstić information content (AvgIpc) is 3.18. The standard InChI is InChI=1S/C21H23ClFN5O3/c1-3-31-20(29)15-6-4-5-7-21(15,30-2)28-19-16(23)11-26-18(27-19)14-10-25-17-13(14)8-12(22)9-24-17/h8-11,15H,3-7H2,1-2H3,(H,24,25)(H,26,27,28)/t15-,21+/m1/s1. The van der Waals surface area contributed by atoms with Gasteiger partial charge in [-0.05, 0) is 32.3 Å². The van der Waals surface area contributed by atoms with Crippen LogP contribution in [0.3, 0.4) is 0 Å². The van der Waals surface area contributed by atoms with E-state index >= 15 is 0 Å². The second kappa shape index (κ2) is 8.76. The highest BCUT2D eigenvalue weighted by molar-refractivity contribution is 6.31. The van der Waals surface area contributed by atoms with Gasteiger partial charge in [0.05, 0.1) is 17.8 Å². The number of nitrogens with one attached hydrogen (secondary N) is 2. The van der Waals surface area contributed by atoms with E-state index in [0.29, 0.717) is 34.5 Å². The highest BCUT2D eigenvalue weighted by Crippen LogP contribution is 2.38. The molecular formula is C21H23ClFN5O3. The zero-order valence-corrected chi connectivity index (χ0v) is 18.0. The maximum absolute atomic E-state index is 14.7. The Kier molecular flexibility index (Phi) is 6.06. The van der Waals surface area contributed by atoms with E-state index in [0.717, 1.165) is 19.0 Å². The zero-order chi connectivity index (χ0) is 22.0. The maximum atomic E-state index is 14.7. The number of esters is 1. The molecule has 31 heavy (non-hydrogen) atoms. The van der Waals surface area contributed by atoms with Crippen molar-refractivity contribution >= 4 is 34.4 Å². The predicted molar refractivity (Wildman–Crippen MR) is 114 cm³/mol. The molecule has 3 aromatic rings. The van der Waals surface area contributed by atoms with Crippen molar-refractivity contribution in [3.8, 4) is 11.4 Å². The SMILES string of the molecule is CCOC(=O)[C@H]1CCCC[C@]1(Nc1nc(-c2c[nH]c3ncc(Cl)cc23)ncc1F)OC. The summed E-state index contributed by atoms with van der Waals surface area (Å²) in [6.45, 7) is 2.01. The predicted octanol–water partition coefficient (Wildman–Crippen LogP) is 4.32. The van der Waals surface area contributed by atoms with Gasteiger partial charge in [-0.3, -0.25) is 4.79 Å². The topological polar surface area (TPSA) is 102 Å². The number of carbonyl (C=O) groups is 1. The third-order valence-electron chi connectivity index (χ3n) is 5.60. The Balaban J connectivity index is 1.72. The van der Waals surface area contributed by atoms with Crippen molar-refractivity contribution in [2.75, 3.05) is 19.0 Å². The molecule has 1 aliphatic rings. The Labute approximate surface area is 183 Å². The molecule has 2 N–H and O–H groups in total. The molecule has 1 fully saturated rings. The number of fused-ring (bicyclic) bond motifs is 1. The van der Waals surface area contributed by atoms with Crippen molar-refractivity contribution in [1.82, 2.24) is 19.9 Å². The quantitative estimate of drug-likeness (QED) is 0.428. The fraction of sp³-hybridized carbons (Fsp3) is 0.429. The van der Waals surface area contributed by atoms with Crippen LogP contribution in [-0.2, 0) is 14.3 Å². The number of hydrogen-bond acceptors (Lipinski definition) is 7. The van der Waals surface area contributed by atoms with Crippen LogP contribution in [0.25, 0.3) is 22.4 Å². The molecule has 164 valence electrons. The lowest BCUT2D eigenvalue weighted by Gasteiger charge is -2.42. The first kappa shape index (κ1) is 21.5. The van der Waals surface area contributed by atoms with Gasteiger partial charge in [-0.25, -0.2) is 19.3 Å². The number of anilines is 1. The minimum absolute atomic E-state index is 0.0487. The van der Waals surface area contributed by atoms with Gasteiger partial charge in [-0.2, -0.15) is 0 Å². The summed E-state index contributed by atoms with van der Waals surface area (Å²) >= 11 is 6.08. The van der Waals surface area contributed by atoms with E-state index in [1.807, 2.05) is 0 Å². The Morgan fingerprint density at radius 3 is 3.00 bits per heavy atom. The third kappa shape index (κ3) is 4.07. The number of H-pyrrole nitrogens is 1. The first-order chi connectivity index (χ1) is 15.0. The fourth-order valence-corrected chi connectivity index (χ4v) is 4.25. The van der Waals surface area contributed by atoms with Crippen LogP contribution >= 0.6 is 11.6 Å². The lowest BCUT2D eigenvalue weighted by Crippen LogP contribution is -2.53. The van der Waals surface area contributed by atoms with E-state index in [-0.39, 0.29) is 24.2 Å². The van der Waals surface area contributed by atoms with Crippen molar-refractivity contribution in [2.45, 2.75) is 38.3 Å². The fourth-order valence-electron chi connectivity index (χ4n) is 4.09. The summed E-state index contributed by atoms with van der Waals surface area (Å²) in [5.74, 6) is -1.37. The number of carbonyl (C=O) groups excluding carboxylic acids is 1. The molecule has 0 unspecified atom stereocenters. The summed E-state index contributed by atoms with van der Waals surface area (Å²) < 4.78 is 25.7. The van der Waals surface area contributed by atoms with E-state index in [4.69, 9.17) is 21.1 Å². The number of nitrogens with zero attached hydrogens (tertiary/aromatic N) is 3. The molecule has 0 radical (unpaired) electrons. The lowest BCUT2D eigenvalue weighted by molar-refractivity contribution is -0.162. The molecule has 2 atom stereocenters. The van der Waals surface area contributed by atoms with E-state index < -0.39 is 17.5 Å². The molecule has 0 aliphatic heterocycles. The zero-order valence-electron chi connectivity index (χ0n) is 17.2. The first-order valence-corrected chi connectivity index (χ1v) is 10.5. The maximum Gasteiger partial charge on any atom is 0.313 e. The Bertz CT molecular complexity index is 1110. The molecule has 0 spiro atoms. The second-order valence-electron chi connectivity index (χ2n) is 7.41. The van der Waals surface area contributed by atoms with Crippen molar-refractivity contribution in [3.63, 3.8) is 0 Å². The minimum atomic E-state index is -1.12. The second-order valence-corrected chi connectivity index (χ2v) is 7.85. The number of methoxy groups -OCH3 is 1. The van der Waals surface area contributed by atoms with Crippen molar-refractivity contribution in [3.05, 3.63) is 35.5 Å². The Hall–Kier alpha value is -2.78. The van der Waals surface area contributed by atoms with Gasteiger partial charge < -0.3 is 19.8 Å². The van der Waals surface area contributed by atoms with Crippen LogP contribution in [0.15, 0.2) is 24.7 Å². The van der Waals surface area contributed by atoms with Gasteiger partial charge in [-0.15, -0.1) is 0 Å². The van der Waals surface area contributed by atoms with E-state index in [1.165, 1.54) is 13.3 Å². The lowest BCUT2D eigenvalue weighted by atomic mass is 9.80. The highest BCUT2D eigenvalue weighted by Gasteiger charge is 2.47. The van der Waals surface area contributed by atoms with Crippen LogP contribution in [0, 0.1) is 11.7 Å². The number of pyridine rings is 1. The molecular weight excluding hydrogens is 425 g/mol. The average molecular weight is 448 g/mol. The Morgan fingerprint density at radius 1 is 1.39 bits per heavy atom. The number of aromatic amines is 1. The summed E-state index contributed by atoms with van der Waals surface area (Å²) in [6.07, 6.45) is 7.08. The largest absolute Gasteiger partial charge is 0.466 e. The van der Waals surface area contributed by atoms with Crippen LogP contribution in [-0.4, -0.2) is 45.3 Å². The number of hydrogen-bond donors (Lipinski definition) is 2. The molecule has 1 aliphatic carbocycles. The third-order valence-corrected chi connectivity index (χ3v) is 5.81. The van der Waals surface area contributed by atoms with E-state index in [2.05, 4.69) is 25.3 Å². The highest BCUT2D eigenvalue weighted by atomic mass is 35.5. The van der Waals surface area contributed by atoms with Crippen LogP contribution < -0.4 is 5.32 Å². The van der Waals surface area contributed by atoms with Gasteiger partial charge in [0.2, 0.25) is 0 Å². The van der Waals surface area contributed by atoms with Gasteiger partial charge >= 0.3 is 5.97 Å². The minimum Gasteiger partial charge on any atom is -0.466 e. The summed E-state index contributed by atoms with van der Waals surface area (Å²) in [7, 11) is 1.50. The van der Waals surface area contributed by atoms with Gasteiger partial charge in [-0.1, -0.05) is 18.0 Å². The Morgan fingerprint density at radius 2 is 2.23 bits per heavy atom. The molecule has 0 amide bonds. The molecule has 4 rings (SSSR count). The van der Waals surface area contributed by atoms with Gasteiger partial charge in [0.1, 0.15) is 11.6 Å².